The van der Waals surface area contributed by atoms with Crippen LogP contribution < -0.4 is 0 Å². The lowest BCUT2D eigenvalue weighted by Crippen LogP contribution is -2.73. The molecular weight excluding hydrogens is 604 g/mol. The molecule has 2 rings (SSSR count). The molecule has 0 aromatic carbocycles. The Labute approximate surface area is 206 Å². The molecule has 0 spiro atoms. The first-order valence-corrected chi connectivity index (χ1v) is 10.1. The topological polar surface area (TPSA) is 55.4 Å². The molecule has 0 aromatic heterocycles. The maximum absolute atomic E-state index is 14.6. The van der Waals surface area contributed by atoms with Crippen molar-refractivity contribution in [3.63, 3.8) is 0 Å². The van der Waals surface area contributed by atoms with Crippen molar-refractivity contribution < 1.29 is 98.7 Å². The fraction of sp³-hybridized carbons (Fsp3) is 1.00. The van der Waals surface area contributed by atoms with Crippen LogP contribution in [-0.4, -0.2) is 100.0 Å². The molecule has 2 saturated heterocycles. The number of halogens is 16. The van der Waals surface area contributed by atoms with E-state index < -0.39 is 106 Å². The second-order valence-corrected chi connectivity index (χ2v) is 7.99. The molecule has 0 bridgehead atoms. The number of alkyl halides is 16. The van der Waals surface area contributed by atoms with Crippen molar-refractivity contribution in [3.8, 4) is 0 Å². The van der Waals surface area contributed by atoms with Gasteiger partial charge >= 0.3 is 42.1 Å². The minimum absolute atomic E-state index is 1.09. The van der Waals surface area contributed by atoms with Crippen molar-refractivity contribution in [2.24, 2.45) is 0 Å². The van der Waals surface area contributed by atoms with Gasteiger partial charge in [-0.3, -0.25) is 0 Å². The normalized spacial score (nSPS) is 30.5. The average Bonchev–Trinajstić information content (AvgIpc) is 2.74. The van der Waals surface area contributed by atoms with E-state index in [1.54, 1.807) is 0 Å². The molecule has 0 N–H and O–H groups in total. The van der Waals surface area contributed by atoms with Gasteiger partial charge < -0.3 is 28.4 Å². The van der Waals surface area contributed by atoms with E-state index in [1.807, 2.05) is 0 Å². The summed E-state index contributed by atoms with van der Waals surface area (Å²) in [6, 6.07) is -4.04. The van der Waals surface area contributed by atoms with E-state index >= 15 is 0 Å². The highest BCUT2D eigenvalue weighted by Gasteiger charge is 2.84. The predicted octanol–water partition coefficient (Wildman–Crippen LogP) is 5.15. The molecule has 0 amide bonds. The summed E-state index contributed by atoms with van der Waals surface area (Å²) < 4.78 is 238. The first-order valence-electron chi connectivity index (χ1n) is 10.1. The summed E-state index contributed by atoms with van der Waals surface area (Å²) in [4.78, 5) is 0. The first-order chi connectivity index (χ1) is 17.4. The zero-order valence-electron chi connectivity index (χ0n) is 18.6. The molecule has 2 heterocycles. The van der Waals surface area contributed by atoms with Gasteiger partial charge in [0.15, 0.2) is 0 Å². The van der Waals surface area contributed by atoms with Crippen molar-refractivity contribution in [1.29, 1.82) is 0 Å². The van der Waals surface area contributed by atoms with Gasteiger partial charge in [0.05, 0.1) is 19.8 Å². The molecule has 0 aliphatic carbocycles. The van der Waals surface area contributed by atoms with Crippen molar-refractivity contribution in [2.75, 3.05) is 39.6 Å². The standard InChI is InChI=1S/C17H16F16O6/c18-9-5-35-6-10(39-9,13(21,16(28,29)30)17(31,32)33)36-2-1-3-37-11(19)7-34-4-8(38-11)12(20,14(22,23)24)15(25,26)27/h8-9H,1-7H2. The van der Waals surface area contributed by atoms with Crippen LogP contribution in [0.5, 0.6) is 0 Å². The second-order valence-electron chi connectivity index (χ2n) is 7.99. The summed E-state index contributed by atoms with van der Waals surface area (Å²) in [5, 5.41) is 0. The van der Waals surface area contributed by atoms with Crippen LogP contribution in [0.25, 0.3) is 0 Å². The highest BCUT2D eigenvalue weighted by Crippen LogP contribution is 2.55. The van der Waals surface area contributed by atoms with Crippen LogP contribution in [0.1, 0.15) is 6.42 Å². The van der Waals surface area contributed by atoms with Crippen LogP contribution in [0.15, 0.2) is 0 Å². The number of hydrogen-bond acceptors (Lipinski definition) is 6. The van der Waals surface area contributed by atoms with Crippen molar-refractivity contribution in [2.45, 2.75) is 66.8 Å². The zero-order valence-corrected chi connectivity index (χ0v) is 18.6. The van der Waals surface area contributed by atoms with Gasteiger partial charge in [-0.2, -0.15) is 57.1 Å². The van der Waals surface area contributed by atoms with Crippen molar-refractivity contribution in [1.82, 2.24) is 0 Å². The minimum atomic E-state index is -6.83. The van der Waals surface area contributed by atoms with E-state index in [-0.39, 0.29) is 0 Å². The SMILES string of the molecule is FC1COCC(OCCCOC2(F)COCC(C(F)(C(F)(F)F)C(F)(F)F)O2)(C(F)(C(F)(F)F)C(F)(F)F)O1. The van der Waals surface area contributed by atoms with Gasteiger partial charge in [-0.25, -0.2) is 13.2 Å². The van der Waals surface area contributed by atoms with Gasteiger partial charge in [0.2, 0.25) is 12.1 Å². The maximum atomic E-state index is 14.6. The monoisotopic (exact) mass is 620 g/mol. The van der Waals surface area contributed by atoms with Crippen LogP contribution in [0.4, 0.5) is 70.2 Å². The van der Waals surface area contributed by atoms with E-state index in [1.165, 1.54) is 0 Å². The first kappa shape index (κ1) is 33.8. The molecule has 0 saturated carbocycles. The lowest BCUT2D eigenvalue weighted by molar-refractivity contribution is -0.472. The largest absolute Gasteiger partial charge is 0.437 e. The molecule has 0 radical (unpaired) electrons. The van der Waals surface area contributed by atoms with Gasteiger partial charge in [0.1, 0.15) is 25.9 Å². The van der Waals surface area contributed by atoms with E-state index in [4.69, 9.17) is 0 Å². The molecule has 4 atom stereocenters. The molecule has 0 aromatic rings. The Balaban J connectivity index is 2.13. The Morgan fingerprint density at radius 3 is 1.59 bits per heavy atom. The van der Waals surface area contributed by atoms with Crippen LogP contribution >= 0.6 is 0 Å². The van der Waals surface area contributed by atoms with E-state index in [0.717, 1.165) is 0 Å². The molecule has 232 valence electrons. The Kier molecular flexibility index (Phi) is 9.37. The van der Waals surface area contributed by atoms with Crippen LogP contribution in [-0.2, 0) is 28.4 Å². The summed E-state index contributed by atoms with van der Waals surface area (Å²) in [6.45, 7) is -9.37. The zero-order chi connectivity index (χ0) is 30.3. The van der Waals surface area contributed by atoms with Crippen LogP contribution in [0.3, 0.4) is 0 Å². The number of ether oxygens (including phenoxy) is 6. The smallest absolute Gasteiger partial charge is 0.370 e. The quantitative estimate of drug-likeness (QED) is 0.277. The van der Waals surface area contributed by atoms with Gasteiger partial charge in [0.25, 0.3) is 0 Å². The fourth-order valence-corrected chi connectivity index (χ4v) is 3.40. The lowest BCUT2D eigenvalue weighted by Gasteiger charge is -2.47. The Morgan fingerprint density at radius 2 is 1.13 bits per heavy atom. The van der Waals surface area contributed by atoms with Gasteiger partial charge in [-0.1, -0.05) is 0 Å². The number of rotatable bonds is 8. The third-order valence-electron chi connectivity index (χ3n) is 5.24. The summed E-state index contributed by atoms with van der Waals surface area (Å²) in [7, 11) is 0. The van der Waals surface area contributed by atoms with Gasteiger partial charge in [-0.05, 0) is 6.42 Å². The molecule has 2 aliphatic rings. The average molecular weight is 620 g/mol. The lowest BCUT2D eigenvalue weighted by atomic mass is 9.92. The summed E-state index contributed by atoms with van der Waals surface area (Å²) in [5.41, 5.74) is -12.6. The van der Waals surface area contributed by atoms with E-state index in [2.05, 4.69) is 28.4 Å². The highest BCUT2D eigenvalue weighted by molar-refractivity contribution is 5.08. The molecule has 6 nitrogen and oxygen atoms in total. The molecular formula is C17H16F16O6. The van der Waals surface area contributed by atoms with Crippen LogP contribution in [0.2, 0.25) is 0 Å². The highest BCUT2D eigenvalue weighted by atomic mass is 19.4. The Bertz CT molecular complexity index is 800. The van der Waals surface area contributed by atoms with E-state index in [9.17, 15) is 70.2 Å². The molecule has 2 aliphatic heterocycles. The third-order valence-corrected chi connectivity index (χ3v) is 5.24. The third kappa shape index (κ3) is 6.28. The molecule has 22 heteroatoms. The van der Waals surface area contributed by atoms with Gasteiger partial charge in [-0.15, -0.1) is 0 Å². The summed E-state index contributed by atoms with van der Waals surface area (Å²) >= 11 is 0. The molecule has 4 unspecified atom stereocenters. The predicted molar refractivity (Wildman–Crippen MR) is 87.5 cm³/mol. The molecule has 39 heavy (non-hydrogen) atoms. The Hall–Kier alpha value is -1.36. The summed E-state index contributed by atoms with van der Waals surface area (Å²) in [6.07, 6.45) is -34.9. The number of hydrogen-bond donors (Lipinski definition) is 0. The fourth-order valence-electron chi connectivity index (χ4n) is 3.40. The minimum Gasteiger partial charge on any atom is -0.370 e. The Morgan fingerprint density at radius 1 is 0.641 bits per heavy atom. The molecule has 2 fully saturated rings. The van der Waals surface area contributed by atoms with Crippen molar-refractivity contribution in [3.05, 3.63) is 0 Å². The van der Waals surface area contributed by atoms with Crippen LogP contribution in [0, 0.1) is 0 Å². The van der Waals surface area contributed by atoms with Crippen molar-refractivity contribution >= 4 is 0 Å². The second kappa shape index (κ2) is 10.8. The summed E-state index contributed by atoms with van der Waals surface area (Å²) in [5.74, 6) is -4.54. The van der Waals surface area contributed by atoms with E-state index in [0.29, 0.717) is 0 Å². The maximum Gasteiger partial charge on any atom is 0.437 e. The van der Waals surface area contributed by atoms with Gasteiger partial charge in [0, 0.05) is 0 Å².